The summed E-state index contributed by atoms with van der Waals surface area (Å²) in [4.78, 5) is 3.48. The van der Waals surface area contributed by atoms with Crippen molar-refractivity contribution >= 4 is 0 Å². The van der Waals surface area contributed by atoms with E-state index in [-0.39, 0.29) is 23.6 Å². The number of halogens is 2. The van der Waals surface area contributed by atoms with Crippen molar-refractivity contribution < 1.29 is 18.6 Å². The average molecular weight is 214 g/mol. The summed E-state index contributed by atoms with van der Waals surface area (Å²) in [6, 6.07) is 2.75. The van der Waals surface area contributed by atoms with Crippen LogP contribution in [0.1, 0.15) is 17.8 Å². The second-order valence-corrected chi connectivity index (χ2v) is 2.68. The Morgan fingerprint density at radius 3 is 2.80 bits per heavy atom. The van der Waals surface area contributed by atoms with Crippen LogP contribution in [0, 0.1) is 11.3 Å². The molecule has 0 aliphatic rings. The molecule has 0 aliphatic heterocycles. The first-order chi connectivity index (χ1) is 7.10. The summed E-state index contributed by atoms with van der Waals surface area (Å²) >= 11 is 0. The van der Waals surface area contributed by atoms with Crippen LogP contribution >= 0.6 is 0 Å². The first-order valence-electron chi connectivity index (χ1n) is 4.02. The average Bonchev–Trinajstić information content (AvgIpc) is 2.20. The molecular weight excluding hydrogens is 206 g/mol. The summed E-state index contributed by atoms with van der Waals surface area (Å²) in [5.41, 5.74) is -0.644. The monoisotopic (exact) mass is 214 g/mol. The van der Waals surface area contributed by atoms with Crippen LogP contribution in [0.25, 0.3) is 0 Å². The van der Waals surface area contributed by atoms with Gasteiger partial charge in [-0.05, 0) is 0 Å². The Balaban J connectivity index is 3.25. The summed E-state index contributed by atoms with van der Waals surface area (Å²) in [5.74, 6) is -0.512. The van der Waals surface area contributed by atoms with Gasteiger partial charge in [0.15, 0.2) is 0 Å². The fourth-order valence-electron chi connectivity index (χ4n) is 1.06. The van der Waals surface area contributed by atoms with Crippen LogP contribution in [-0.2, 0) is 6.42 Å². The van der Waals surface area contributed by atoms with E-state index in [1.54, 1.807) is 6.07 Å². The summed E-state index contributed by atoms with van der Waals surface area (Å²) in [7, 11) is 1.20. The molecule has 0 bridgehead atoms. The van der Waals surface area contributed by atoms with Crippen molar-refractivity contribution in [2.24, 2.45) is 0 Å². The molecule has 4 nitrogen and oxygen atoms in total. The van der Waals surface area contributed by atoms with Gasteiger partial charge in [0.1, 0.15) is 17.2 Å². The lowest BCUT2D eigenvalue weighted by Gasteiger charge is -2.09. The van der Waals surface area contributed by atoms with Gasteiger partial charge < -0.3 is 9.84 Å². The van der Waals surface area contributed by atoms with E-state index in [4.69, 9.17) is 5.26 Å². The predicted octanol–water partition coefficient (Wildman–Crippen LogP) is 1.80. The van der Waals surface area contributed by atoms with Gasteiger partial charge in [0, 0.05) is 6.07 Å². The van der Waals surface area contributed by atoms with Gasteiger partial charge in [-0.1, -0.05) is 0 Å². The number of pyridine rings is 1. The SMILES string of the molecule is COc1cc(O)c(CC#N)nc1C(F)F. The zero-order valence-electron chi connectivity index (χ0n) is 7.87. The Hall–Kier alpha value is -1.90. The molecule has 0 saturated carbocycles. The third kappa shape index (κ3) is 2.31. The van der Waals surface area contributed by atoms with E-state index in [0.29, 0.717) is 0 Å². The van der Waals surface area contributed by atoms with Gasteiger partial charge in [0.25, 0.3) is 6.43 Å². The highest BCUT2D eigenvalue weighted by Crippen LogP contribution is 2.31. The Bertz CT molecular complexity index is 402. The number of nitriles is 1. The molecule has 15 heavy (non-hydrogen) atoms. The van der Waals surface area contributed by atoms with Gasteiger partial charge in [-0.15, -0.1) is 0 Å². The minimum Gasteiger partial charge on any atom is -0.506 e. The van der Waals surface area contributed by atoms with E-state index in [2.05, 4.69) is 9.72 Å². The Morgan fingerprint density at radius 1 is 1.67 bits per heavy atom. The molecule has 0 saturated heterocycles. The molecule has 0 amide bonds. The highest BCUT2D eigenvalue weighted by Gasteiger charge is 2.19. The van der Waals surface area contributed by atoms with Gasteiger partial charge >= 0.3 is 0 Å². The van der Waals surface area contributed by atoms with Crippen LogP contribution in [0.15, 0.2) is 6.07 Å². The molecule has 0 fully saturated rings. The minimum atomic E-state index is -2.81. The molecule has 1 N–H and O–H groups in total. The van der Waals surface area contributed by atoms with E-state index in [0.717, 1.165) is 6.07 Å². The highest BCUT2D eigenvalue weighted by molar-refractivity contribution is 5.40. The lowest BCUT2D eigenvalue weighted by atomic mass is 10.2. The number of aromatic nitrogens is 1. The van der Waals surface area contributed by atoms with Gasteiger partial charge in [0.05, 0.1) is 25.3 Å². The lowest BCUT2D eigenvalue weighted by molar-refractivity contribution is 0.141. The fourth-order valence-corrected chi connectivity index (χ4v) is 1.06. The summed E-state index contributed by atoms with van der Waals surface area (Å²) in [6.07, 6.45) is -3.03. The molecule has 0 aromatic carbocycles. The van der Waals surface area contributed by atoms with E-state index in [1.165, 1.54) is 7.11 Å². The first-order valence-corrected chi connectivity index (χ1v) is 4.02. The van der Waals surface area contributed by atoms with Crippen molar-refractivity contribution in [3.8, 4) is 17.6 Å². The van der Waals surface area contributed by atoms with Crippen molar-refractivity contribution in [3.05, 3.63) is 17.5 Å². The molecule has 80 valence electrons. The Morgan fingerprint density at radius 2 is 2.33 bits per heavy atom. The van der Waals surface area contributed by atoms with Crippen LogP contribution in [-0.4, -0.2) is 17.2 Å². The minimum absolute atomic E-state index is 0.0754. The highest BCUT2D eigenvalue weighted by atomic mass is 19.3. The fraction of sp³-hybridized carbons (Fsp3) is 0.333. The van der Waals surface area contributed by atoms with Crippen LogP contribution in [0.4, 0.5) is 8.78 Å². The Labute approximate surface area is 84.7 Å². The van der Waals surface area contributed by atoms with Gasteiger partial charge in [-0.2, -0.15) is 5.26 Å². The zero-order valence-corrected chi connectivity index (χ0v) is 7.87. The van der Waals surface area contributed by atoms with Crippen LogP contribution in [0.5, 0.6) is 11.5 Å². The molecule has 0 radical (unpaired) electrons. The normalized spacial score (nSPS) is 10.1. The molecular formula is C9H8F2N2O2. The maximum atomic E-state index is 12.5. The number of aromatic hydroxyl groups is 1. The molecule has 0 atom stereocenters. The number of ether oxygens (including phenoxy) is 1. The van der Waals surface area contributed by atoms with Gasteiger partial charge in [0.2, 0.25) is 0 Å². The van der Waals surface area contributed by atoms with E-state index >= 15 is 0 Å². The van der Waals surface area contributed by atoms with Crippen LogP contribution in [0.3, 0.4) is 0 Å². The Kier molecular flexibility index (Phi) is 3.39. The van der Waals surface area contributed by atoms with Crippen LogP contribution < -0.4 is 4.74 Å². The van der Waals surface area contributed by atoms with E-state index < -0.39 is 12.1 Å². The first kappa shape index (κ1) is 11.2. The molecule has 1 rings (SSSR count). The lowest BCUT2D eigenvalue weighted by Crippen LogP contribution is -2.00. The molecule has 0 aliphatic carbocycles. The number of methoxy groups -OCH3 is 1. The second kappa shape index (κ2) is 4.55. The number of rotatable bonds is 3. The largest absolute Gasteiger partial charge is 0.506 e. The molecule has 1 heterocycles. The zero-order chi connectivity index (χ0) is 11.4. The van der Waals surface area contributed by atoms with Crippen molar-refractivity contribution in [1.29, 1.82) is 5.26 Å². The number of hydrogen-bond acceptors (Lipinski definition) is 4. The van der Waals surface area contributed by atoms with Gasteiger partial charge in [-0.3, -0.25) is 0 Å². The van der Waals surface area contributed by atoms with Crippen molar-refractivity contribution in [3.63, 3.8) is 0 Å². The molecule has 0 spiro atoms. The van der Waals surface area contributed by atoms with Crippen LogP contribution in [0.2, 0.25) is 0 Å². The van der Waals surface area contributed by atoms with Crippen molar-refractivity contribution in [2.45, 2.75) is 12.8 Å². The quantitative estimate of drug-likeness (QED) is 0.833. The second-order valence-electron chi connectivity index (χ2n) is 2.68. The number of alkyl halides is 2. The molecule has 6 heteroatoms. The van der Waals surface area contributed by atoms with E-state index in [9.17, 15) is 13.9 Å². The molecule has 1 aromatic heterocycles. The smallest absolute Gasteiger partial charge is 0.284 e. The summed E-state index contributed by atoms with van der Waals surface area (Å²) < 4.78 is 29.6. The topological polar surface area (TPSA) is 66.1 Å². The van der Waals surface area contributed by atoms with Gasteiger partial charge in [-0.25, -0.2) is 13.8 Å². The molecule has 1 aromatic rings. The third-order valence-electron chi connectivity index (χ3n) is 1.74. The predicted molar refractivity (Wildman–Crippen MR) is 46.7 cm³/mol. The maximum absolute atomic E-state index is 12.5. The third-order valence-corrected chi connectivity index (χ3v) is 1.74. The van der Waals surface area contributed by atoms with Crippen molar-refractivity contribution in [1.82, 2.24) is 4.98 Å². The van der Waals surface area contributed by atoms with Crippen molar-refractivity contribution in [2.75, 3.05) is 7.11 Å². The van der Waals surface area contributed by atoms with E-state index in [1.807, 2.05) is 0 Å². The molecule has 0 unspecified atom stereocenters. The standard InChI is InChI=1S/C9H8F2N2O2/c1-15-7-4-6(14)5(2-3-12)13-8(7)9(10)11/h4,9,14H,2H2,1H3. The maximum Gasteiger partial charge on any atom is 0.284 e. The number of hydrogen-bond donors (Lipinski definition) is 1. The summed E-state index contributed by atoms with van der Waals surface area (Å²) in [6.45, 7) is 0. The number of nitrogens with zero attached hydrogens (tertiary/aromatic N) is 2. The summed E-state index contributed by atoms with van der Waals surface area (Å²) in [5, 5.41) is 17.7.